The molecule has 1 saturated heterocycles. The molecule has 0 aromatic carbocycles. The van der Waals surface area contributed by atoms with Crippen molar-refractivity contribution in [3.63, 3.8) is 0 Å². The molecule has 1 N–H and O–H groups in total. The maximum Gasteiger partial charge on any atom is 0.407 e. The van der Waals surface area contributed by atoms with E-state index in [1.165, 1.54) is 4.90 Å². The second kappa shape index (κ2) is 3.33. The average molecular weight is 171 g/mol. The van der Waals surface area contributed by atoms with Gasteiger partial charge >= 0.3 is 6.09 Å². The number of carbonyl (C=O) groups is 1. The summed E-state index contributed by atoms with van der Waals surface area (Å²) in [6.07, 6.45) is 2.35. The summed E-state index contributed by atoms with van der Waals surface area (Å²) >= 11 is 0. The van der Waals surface area contributed by atoms with Crippen molar-refractivity contribution < 1.29 is 9.90 Å². The molecule has 70 valence electrons. The van der Waals surface area contributed by atoms with Gasteiger partial charge in [-0.05, 0) is 24.7 Å². The number of hydrogen-bond acceptors (Lipinski definition) is 1. The first kappa shape index (κ1) is 9.36. The van der Waals surface area contributed by atoms with E-state index in [0.29, 0.717) is 18.5 Å². The van der Waals surface area contributed by atoms with E-state index in [1.807, 2.05) is 0 Å². The van der Waals surface area contributed by atoms with Crippen molar-refractivity contribution in [2.45, 2.75) is 33.1 Å². The second-order valence-corrected chi connectivity index (χ2v) is 4.29. The minimum atomic E-state index is -0.771. The Hall–Kier alpha value is -0.730. The Bertz CT molecular complexity index is 177. The molecule has 1 aliphatic rings. The van der Waals surface area contributed by atoms with Crippen LogP contribution in [0.4, 0.5) is 4.79 Å². The van der Waals surface area contributed by atoms with Crippen LogP contribution in [-0.4, -0.2) is 29.2 Å². The van der Waals surface area contributed by atoms with Gasteiger partial charge in [0.1, 0.15) is 0 Å². The lowest BCUT2D eigenvalue weighted by Crippen LogP contribution is -2.30. The molecule has 1 fully saturated rings. The van der Waals surface area contributed by atoms with Crippen LogP contribution in [0, 0.1) is 5.41 Å². The minimum Gasteiger partial charge on any atom is -0.465 e. The monoisotopic (exact) mass is 171 g/mol. The maximum atomic E-state index is 10.6. The van der Waals surface area contributed by atoms with Gasteiger partial charge in [0, 0.05) is 13.1 Å². The van der Waals surface area contributed by atoms with Crippen molar-refractivity contribution in [1.29, 1.82) is 0 Å². The summed E-state index contributed by atoms with van der Waals surface area (Å²) in [6.45, 7) is 5.82. The first-order valence-corrected chi connectivity index (χ1v) is 4.49. The van der Waals surface area contributed by atoms with Gasteiger partial charge in [-0.3, -0.25) is 0 Å². The fraction of sp³-hybridized carbons (Fsp3) is 0.889. The number of carboxylic acid groups (broad SMARTS) is 1. The highest BCUT2D eigenvalue weighted by molar-refractivity contribution is 5.64. The molecule has 0 spiro atoms. The molecule has 0 saturated carbocycles. The quantitative estimate of drug-likeness (QED) is 0.606. The molecule has 3 heteroatoms. The van der Waals surface area contributed by atoms with E-state index in [-0.39, 0.29) is 0 Å². The molecule has 1 rings (SSSR count). The smallest absolute Gasteiger partial charge is 0.407 e. The maximum absolute atomic E-state index is 10.6. The highest BCUT2D eigenvalue weighted by atomic mass is 16.4. The molecule has 1 heterocycles. The van der Waals surface area contributed by atoms with Gasteiger partial charge in [-0.1, -0.05) is 13.8 Å². The van der Waals surface area contributed by atoms with E-state index < -0.39 is 6.09 Å². The van der Waals surface area contributed by atoms with Gasteiger partial charge in [-0.25, -0.2) is 4.79 Å². The van der Waals surface area contributed by atoms with Crippen LogP contribution in [0.1, 0.15) is 33.1 Å². The first-order chi connectivity index (χ1) is 5.51. The van der Waals surface area contributed by atoms with Crippen LogP contribution in [0.15, 0.2) is 0 Å². The van der Waals surface area contributed by atoms with Gasteiger partial charge in [0.15, 0.2) is 0 Å². The largest absolute Gasteiger partial charge is 0.465 e. The number of nitrogens with zero attached hydrogens (tertiary/aromatic N) is 1. The van der Waals surface area contributed by atoms with E-state index in [1.54, 1.807) is 0 Å². The highest BCUT2D eigenvalue weighted by Crippen LogP contribution is 2.29. The predicted octanol–water partition coefficient (Wildman–Crippen LogP) is 2.18. The van der Waals surface area contributed by atoms with Crippen LogP contribution in [-0.2, 0) is 0 Å². The summed E-state index contributed by atoms with van der Waals surface area (Å²) in [7, 11) is 0. The Morgan fingerprint density at radius 2 is 2.00 bits per heavy atom. The summed E-state index contributed by atoms with van der Waals surface area (Å²) < 4.78 is 0. The zero-order valence-corrected chi connectivity index (χ0v) is 7.84. The second-order valence-electron chi connectivity index (χ2n) is 4.29. The Labute approximate surface area is 73.4 Å². The van der Waals surface area contributed by atoms with Crippen LogP contribution in [0.2, 0.25) is 0 Å². The van der Waals surface area contributed by atoms with Crippen molar-refractivity contribution in [2.24, 2.45) is 5.41 Å². The summed E-state index contributed by atoms with van der Waals surface area (Å²) in [4.78, 5) is 12.2. The van der Waals surface area contributed by atoms with Gasteiger partial charge in [-0.2, -0.15) is 0 Å². The molecule has 0 unspecified atom stereocenters. The van der Waals surface area contributed by atoms with Gasteiger partial charge in [0.2, 0.25) is 0 Å². The topological polar surface area (TPSA) is 40.5 Å². The van der Waals surface area contributed by atoms with E-state index in [2.05, 4.69) is 13.8 Å². The normalized spacial score (nSPS) is 23.3. The van der Waals surface area contributed by atoms with Crippen molar-refractivity contribution in [3.05, 3.63) is 0 Å². The summed E-state index contributed by atoms with van der Waals surface area (Å²) in [5, 5.41) is 8.76. The van der Waals surface area contributed by atoms with Crippen LogP contribution in [0.25, 0.3) is 0 Å². The van der Waals surface area contributed by atoms with E-state index in [9.17, 15) is 4.79 Å². The van der Waals surface area contributed by atoms with Crippen LogP contribution < -0.4 is 0 Å². The molecule has 0 aliphatic carbocycles. The number of amides is 1. The molecule has 0 aromatic heterocycles. The van der Waals surface area contributed by atoms with Crippen LogP contribution in [0.5, 0.6) is 0 Å². The number of rotatable bonds is 0. The Morgan fingerprint density at radius 1 is 1.33 bits per heavy atom. The van der Waals surface area contributed by atoms with Gasteiger partial charge < -0.3 is 10.0 Å². The third kappa shape index (κ3) is 2.40. The van der Waals surface area contributed by atoms with Gasteiger partial charge in [0.25, 0.3) is 0 Å². The molecule has 12 heavy (non-hydrogen) atoms. The van der Waals surface area contributed by atoms with Gasteiger partial charge in [-0.15, -0.1) is 0 Å². The first-order valence-electron chi connectivity index (χ1n) is 4.49. The molecule has 0 radical (unpaired) electrons. The van der Waals surface area contributed by atoms with Crippen molar-refractivity contribution in [2.75, 3.05) is 13.1 Å². The third-order valence-corrected chi connectivity index (χ3v) is 2.61. The molecule has 3 nitrogen and oxygen atoms in total. The molecule has 0 bridgehead atoms. The average Bonchev–Trinajstić information content (AvgIpc) is 2.10. The molecular weight excluding hydrogens is 154 g/mol. The minimum absolute atomic E-state index is 0.324. The van der Waals surface area contributed by atoms with Crippen LogP contribution in [0.3, 0.4) is 0 Å². The number of hydrogen-bond donors (Lipinski definition) is 1. The fourth-order valence-electron chi connectivity index (χ4n) is 1.61. The van der Waals surface area contributed by atoms with Gasteiger partial charge in [0.05, 0.1) is 0 Å². The van der Waals surface area contributed by atoms with Crippen molar-refractivity contribution >= 4 is 6.09 Å². The SMILES string of the molecule is CC1(C)CCCN(C(=O)O)CC1. The zero-order valence-electron chi connectivity index (χ0n) is 7.84. The summed E-state index contributed by atoms with van der Waals surface area (Å²) in [5.74, 6) is 0. The van der Waals surface area contributed by atoms with E-state index >= 15 is 0 Å². The Morgan fingerprint density at radius 3 is 2.58 bits per heavy atom. The lowest BCUT2D eigenvalue weighted by atomic mass is 9.85. The lowest BCUT2D eigenvalue weighted by Gasteiger charge is -2.21. The van der Waals surface area contributed by atoms with Crippen molar-refractivity contribution in [3.8, 4) is 0 Å². The summed E-state index contributed by atoms with van der Waals surface area (Å²) in [5.41, 5.74) is 0.324. The Kier molecular flexibility index (Phi) is 2.60. The Balaban J connectivity index is 2.50. The van der Waals surface area contributed by atoms with E-state index in [0.717, 1.165) is 19.3 Å². The van der Waals surface area contributed by atoms with E-state index in [4.69, 9.17) is 5.11 Å². The standard InChI is InChI=1S/C9H17NO2/c1-9(2)4-3-6-10(7-5-9)8(11)12/h3-7H2,1-2H3,(H,11,12). The third-order valence-electron chi connectivity index (χ3n) is 2.61. The lowest BCUT2D eigenvalue weighted by molar-refractivity contribution is 0.145. The summed E-state index contributed by atoms with van der Waals surface area (Å²) in [6, 6.07) is 0. The molecule has 0 aromatic rings. The number of likely N-dealkylation sites (tertiary alicyclic amines) is 1. The predicted molar refractivity (Wildman–Crippen MR) is 47.2 cm³/mol. The molecule has 0 atom stereocenters. The molecule has 1 amide bonds. The molecule has 1 aliphatic heterocycles. The van der Waals surface area contributed by atoms with Crippen molar-refractivity contribution in [1.82, 2.24) is 4.90 Å². The fourth-order valence-corrected chi connectivity index (χ4v) is 1.61. The van der Waals surface area contributed by atoms with Crippen LogP contribution >= 0.6 is 0 Å². The molecular formula is C9H17NO2. The highest BCUT2D eigenvalue weighted by Gasteiger charge is 2.24. The zero-order chi connectivity index (χ0) is 9.19.